The molecule has 1 aliphatic rings. The third kappa shape index (κ3) is 6.99. The fraction of sp³-hybridized carbons (Fsp3) is 0.0588. The first kappa shape index (κ1) is 39.0. The Kier molecular flexibility index (Phi) is 9.58. The summed E-state index contributed by atoms with van der Waals surface area (Å²) in [5.74, 6) is 1.07. The first-order chi connectivity index (χ1) is 29.3. The van der Waals surface area contributed by atoms with Gasteiger partial charge in [0.25, 0.3) is 0 Å². The molecule has 0 saturated heterocycles. The molecule has 9 rings (SSSR count). The first-order valence-electron chi connectivity index (χ1n) is 19.2. The topological polar surface area (TPSA) is 70.5 Å². The number of hydrogen-bond acceptors (Lipinski definition) is 4. The minimum atomic E-state index is -4.62. The van der Waals surface area contributed by atoms with E-state index in [0.717, 1.165) is 56.6 Å². The monoisotopic (exact) mass is 820 g/mol. The van der Waals surface area contributed by atoms with Gasteiger partial charge < -0.3 is 20.9 Å². The third-order valence-corrected chi connectivity index (χ3v) is 11.1. The average Bonchev–Trinajstić information content (AvgIpc) is 3.55. The molecule has 0 bridgehead atoms. The molecule has 4 N–H and O–H groups in total. The Morgan fingerprint density at radius 2 is 0.754 bits per heavy atom. The van der Waals surface area contributed by atoms with Crippen LogP contribution in [-0.4, -0.2) is 0 Å². The molecular formula is C51H34F6N2O2. The van der Waals surface area contributed by atoms with E-state index in [9.17, 15) is 26.3 Å². The fourth-order valence-electron chi connectivity index (χ4n) is 8.39. The number of fused-ring (bicyclic) bond motifs is 3. The van der Waals surface area contributed by atoms with E-state index in [1.807, 2.05) is 109 Å². The van der Waals surface area contributed by atoms with E-state index in [2.05, 4.69) is 36.4 Å². The highest BCUT2D eigenvalue weighted by Crippen LogP contribution is 2.58. The summed E-state index contributed by atoms with van der Waals surface area (Å²) in [6, 6.07) is 53.8. The highest BCUT2D eigenvalue weighted by atomic mass is 19.4. The van der Waals surface area contributed by atoms with Crippen LogP contribution >= 0.6 is 0 Å². The Bertz CT molecular complexity index is 2730. The Morgan fingerprint density at radius 3 is 1.13 bits per heavy atom. The minimum Gasteiger partial charge on any atom is -0.457 e. The molecule has 302 valence electrons. The van der Waals surface area contributed by atoms with Gasteiger partial charge in [0.15, 0.2) is 0 Å². The van der Waals surface area contributed by atoms with Crippen molar-refractivity contribution in [3.8, 4) is 56.4 Å². The lowest BCUT2D eigenvalue weighted by molar-refractivity contribution is -0.137. The number of alkyl halides is 6. The molecule has 0 spiro atoms. The van der Waals surface area contributed by atoms with Crippen LogP contribution < -0.4 is 20.9 Å². The van der Waals surface area contributed by atoms with Crippen LogP contribution in [0, 0.1) is 0 Å². The van der Waals surface area contributed by atoms with Crippen LogP contribution in [-0.2, 0) is 17.8 Å². The SMILES string of the molecule is Nc1cc(Oc2ccc(C3(c4ccc(Oc5ccc(C(F)(F)F)c(N)c5)c(-c5ccccc5)c4)c4ccccc4-c4ccccc43)cc2-c2ccccc2)ccc1C(F)(F)F. The van der Waals surface area contributed by atoms with Crippen LogP contribution in [0.5, 0.6) is 23.0 Å². The molecule has 0 saturated carbocycles. The van der Waals surface area contributed by atoms with E-state index in [4.69, 9.17) is 20.9 Å². The second-order valence-electron chi connectivity index (χ2n) is 14.7. The Morgan fingerprint density at radius 1 is 0.377 bits per heavy atom. The molecule has 0 amide bonds. The molecule has 8 aromatic carbocycles. The Labute approximate surface area is 347 Å². The van der Waals surface area contributed by atoms with E-state index >= 15 is 0 Å². The first-order valence-corrected chi connectivity index (χ1v) is 19.2. The van der Waals surface area contributed by atoms with Gasteiger partial charge in [0.1, 0.15) is 23.0 Å². The van der Waals surface area contributed by atoms with Gasteiger partial charge in [-0.15, -0.1) is 0 Å². The van der Waals surface area contributed by atoms with E-state index in [0.29, 0.717) is 22.6 Å². The lowest BCUT2D eigenvalue weighted by Gasteiger charge is -2.35. The minimum absolute atomic E-state index is 0.139. The maximum Gasteiger partial charge on any atom is 0.418 e. The van der Waals surface area contributed by atoms with Crippen molar-refractivity contribution in [3.05, 3.63) is 215 Å². The smallest absolute Gasteiger partial charge is 0.418 e. The van der Waals surface area contributed by atoms with Crippen LogP contribution in [0.3, 0.4) is 0 Å². The summed E-state index contributed by atoms with van der Waals surface area (Å²) in [4.78, 5) is 0. The van der Waals surface area contributed by atoms with E-state index in [1.165, 1.54) is 24.3 Å². The lowest BCUT2D eigenvalue weighted by atomic mass is 9.67. The largest absolute Gasteiger partial charge is 0.457 e. The van der Waals surface area contributed by atoms with Crippen LogP contribution in [0.4, 0.5) is 37.7 Å². The van der Waals surface area contributed by atoms with Crippen molar-refractivity contribution in [3.63, 3.8) is 0 Å². The summed E-state index contributed by atoms with van der Waals surface area (Å²) >= 11 is 0. The molecule has 8 aromatic rings. The zero-order valence-corrected chi connectivity index (χ0v) is 32.1. The number of rotatable bonds is 8. The summed E-state index contributed by atoms with van der Waals surface area (Å²) in [7, 11) is 0. The normalized spacial score (nSPS) is 13.0. The number of hydrogen-bond donors (Lipinski definition) is 2. The molecule has 0 aromatic heterocycles. The van der Waals surface area contributed by atoms with Crippen LogP contribution in [0.1, 0.15) is 33.4 Å². The Hall–Kier alpha value is -7.46. The molecule has 61 heavy (non-hydrogen) atoms. The van der Waals surface area contributed by atoms with E-state index in [1.54, 1.807) is 0 Å². The molecule has 0 heterocycles. The van der Waals surface area contributed by atoms with Crippen molar-refractivity contribution in [2.75, 3.05) is 11.5 Å². The van der Waals surface area contributed by atoms with Crippen molar-refractivity contribution in [2.24, 2.45) is 0 Å². The Balaban J connectivity index is 1.26. The van der Waals surface area contributed by atoms with Crippen molar-refractivity contribution in [2.45, 2.75) is 17.8 Å². The lowest BCUT2D eigenvalue weighted by Crippen LogP contribution is -2.28. The summed E-state index contributed by atoms with van der Waals surface area (Å²) < 4.78 is 94.4. The predicted molar refractivity (Wildman–Crippen MR) is 226 cm³/mol. The van der Waals surface area contributed by atoms with E-state index < -0.39 is 40.3 Å². The number of nitrogens with two attached hydrogens (primary N) is 2. The van der Waals surface area contributed by atoms with Crippen molar-refractivity contribution >= 4 is 11.4 Å². The van der Waals surface area contributed by atoms with Crippen LogP contribution in [0.15, 0.2) is 182 Å². The molecule has 0 unspecified atom stereocenters. The third-order valence-electron chi connectivity index (χ3n) is 11.1. The molecule has 4 nitrogen and oxygen atoms in total. The van der Waals surface area contributed by atoms with Gasteiger partial charge in [-0.1, -0.05) is 121 Å². The van der Waals surface area contributed by atoms with Gasteiger partial charge >= 0.3 is 12.4 Å². The molecular weight excluding hydrogens is 787 g/mol. The summed E-state index contributed by atoms with van der Waals surface area (Å²) in [6.45, 7) is 0. The predicted octanol–water partition coefficient (Wildman–Crippen LogP) is 14.2. The second kappa shape index (κ2) is 15.0. The summed E-state index contributed by atoms with van der Waals surface area (Å²) in [6.07, 6.45) is -9.24. The van der Waals surface area contributed by atoms with Gasteiger partial charge in [-0.3, -0.25) is 0 Å². The summed E-state index contributed by atoms with van der Waals surface area (Å²) in [5.41, 5.74) is 16.7. The number of anilines is 2. The van der Waals surface area contributed by atoms with Crippen LogP contribution in [0.2, 0.25) is 0 Å². The molecule has 1 aliphatic carbocycles. The van der Waals surface area contributed by atoms with Gasteiger partial charge in [0.05, 0.1) is 16.5 Å². The highest BCUT2D eigenvalue weighted by Gasteiger charge is 2.46. The van der Waals surface area contributed by atoms with Crippen molar-refractivity contribution < 1.29 is 35.8 Å². The number of halogens is 6. The van der Waals surface area contributed by atoms with Gasteiger partial charge in [0, 0.05) is 34.6 Å². The number of nitrogen functional groups attached to an aromatic ring is 2. The molecule has 0 atom stereocenters. The molecule has 0 aliphatic heterocycles. The van der Waals surface area contributed by atoms with Gasteiger partial charge in [-0.05, 0) is 93.0 Å². The highest BCUT2D eigenvalue weighted by molar-refractivity contribution is 5.88. The summed E-state index contributed by atoms with van der Waals surface area (Å²) in [5, 5.41) is 0. The van der Waals surface area contributed by atoms with Crippen molar-refractivity contribution in [1.29, 1.82) is 0 Å². The average molecular weight is 821 g/mol. The van der Waals surface area contributed by atoms with E-state index in [-0.39, 0.29) is 11.5 Å². The standard InChI is InChI=1S/C51H34F6N2O2/c52-50(53,54)43-23-21-35(29-45(43)58)60-47-25-19-33(27-39(47)31-11-3-1-4-12-31)49(41-17-9-7-15-37(41)38-16-8-10-18-42(38)49)34-20-26-48(40(28-34)32-13-5-2-6-14-32)61-36-22-24-44(46(59)30-36)51(55,56)57/h1-30H,58-59H2. The maximum atomic E-state index is 13.6. The van der Waals surface area contributed by atoms with Gasteiger partial charge in [-0.2, -0.15) is 26.3 Å². The molecule has 0 fully saturated rings. The molecule has 0 radical (unpaired) electrons. The van der Waals surface area contributed by atoms with Gasteiger partial charge in [-0.25, -0.2) is 0 Å². The van der Waals surface area contributed by atoms with Gasteiger partial charge in [0.2, 0.25) is 0 Å². The fourth-order valence-corrected chi connectivity index (χ4v) is 8.39. The second-order valence-corrected chi connectivity index (χ2v) is 14.7. The zero-order chi connectivity index (χ0) is 42.5. The molecule has 10 heteroatoms. The van der Waals surface area contributed by atoms with Crippen LogP contribution in [0.25, 0.3) is 33.4 Å². The van der Waals surface area contributed by atoms with Crippen molar-refractivity contribution in [1.82, 2.24) is 0 Å². The zero-order valence-electron chi connectivity index (χ0n) is 32.1. The quantitative estimate of drug-likeness (QED) is 0.118. The number of ether oxygens (including phenoxy) is 2. The number of benzene rings is 8. The maximum absolute atomic E-state index is 13.6.